The maximum absolute atomic E-state index is 11.7. The quantitative estimate of drug-likeness (QED) is 0.872. The number of nitrogens with zero attached hydrogens (tertiary/aromatic N) is 2. The number of carboxylic acid groups (broad SMARTS) is 1. The Hall–Kier alpha value is -2.11. The largest absolute Gasteiger partial charge is 0.481 e. The Labute approximate surface area is 124 Å². The zero-order valence-corrected chi connectivity index (χ0v) is 12.5. The van der Waals surface area contributed by atoms with Crippen LogP contribution in [-0.4, -0.2) is 42.1 Å². The summed E-state index contributed by atoms with van der Waals surface area (Å²) in [6, 6.07) is 3.35. The van der Waals surface area contributed by atoms with Gasteiger partial charge in [0, 0.05) is 31.9 Å². The van der Waals surface area contributed by atoms with Gasteiger partial charge in [-0.05, 0) is 24.0 Å². The topological polar surface area (TPSA) is 82.5 Å². The van der Waals surface area contributed by atoms with Crippen LogP contribution in [0.15, 0.2) is 18.3 Å². The Bertz CT molecular complexity index is 545. The van der Waals surface area contributed by atoms with E-state index in [0.29, 0.717) is 30.4 Å². The van der Waals surface area contributed by atoms with Crippen molar-refractivity contribution in [1.82, 2.24) is 10.3 Å². The summed E-state index contributed by atoms with van der Waals surface area (Å²) in [6.07, 6.45) is 1.58. The number of carbonyl (C=O) groups is 2. The number of anilines is 1. The molecule has 6 nitrogen and oxygen atoms in total. The number of carboxylic acids is 1. The zero-order chi connectivity index (χ0) is 15.6. The van der Waals surface area contributed by atoms with Crippen LogP contribution in [0.3, 0.4) is 0 Å². The summed E-state index contributed by atoms with van der Waals surface area (Å²) in [6.45, 7) is 5.16. The van der Waals surface area contributed by atoms with Gasteiger partial charge in [0.1, 0.15) is 5.82 Å². The molecular formula is C15H21N3O3. The van der Waals surface area contributed by atoms with Gasteiger partial charge in [-0.2, -0.15) is 0 Å². The minimum Gasteiger partial charge on any atom is -0.481 e. The molecule has 0 radical (unpaired) electrons. The summed E-state index contributed by atoms with van der Waals surface area (Å²) < 4.78 is 0. The maximum Gasteiger partial charge on any atom is 0.308 e. The van der Waals surface area contributed by atoms with Crippen molar-refractivity contribution in [1.29, 1.82) is 0 Å². The molecule has 1 saturated heterocycles. The van der Waals surface area contributed by atoms with Gasteiger partial charge >= 0.3 is 5.97 Å². The van der Waals surface area contributed by atoms with Crippen LogP contribution in [0.4, 0.5) is 5.82 Å². The van der Waals surface area contributed by atoms with Crippen molar-refractivity contribution in [2.24, 2.45) is 17.8 Å². The second-order valence-electron chi connectivity index (χ2n) is 5.74. The molecule has 2 rings (SSSR count). The van der Waals surface area contributed by atoms with E-state index < -0.39 is 11.9 Å². The maximum atomic E-state index is 11.7. The van der Waals surface area contributed by atoms with Gasteiger partial charge in [0.15, 0.2) is 0 Å². The highest BCUT2D eigenvalue weighted by molar-refractivity contribution is 5.94. The van der Waals surface area contributed by atoms with Crippen LogP contribution in [-0.2, 0) is 4.79 Å². The highest BCUT2D eigenvalue weighted by Gasteiger charge is 2.39. The molecule has 2 N–H and O–H groups in total. The van der Waals surface area contributed by atoms with Crippen LogP contribution >= 0.6 is 0 Å². The molecule has 1 aromatic heterocycles. The molecule has 1 aromatic rings. The van der Waals surface area contributed by atoms with Crippen LogP contribution in [0.2, 0.25) is 0 Å². The smallest absolute Gasteiger partial charge is 0.308 e. The average molecular weight is 291 g/mol. The Morgan fingerprint density at radius 3 is 2.67 bits per heavy atom. The molecule has 0 unspecified atom stereocenters. The first-order chi connectivity index (χ1) is 9.93. The molecule has 114 valence electrons. The van der Waals surface area contributed by atoms with E-state index in [1.807, 2.05) is 18.7 Å². The minimum absolute atomic E-state index is 0.0907. The first-order valence-corrected chi connectivity index (χ1v) is 7.10. The van der Waals surface area contributed by atoms with Crippen molar-refractivity contribution < 1.29 is 14.7 Å². The van der Waals surface area contributed by atoms with Crippen LogP contribution in [0, 0.1) is 17.8 Å². The Morgan fingerprint density at radius 1 is 1.43 bits per heavy atom. The highest BCUT2D eigenvalue weighted by atomic mass is 16.4. The highest BCUT2D eigenvalue weighted by Crippen LogP contribution is 2.32. The first kappa shape index (κ1) is 15.3. The molecule has 0 aromatic carbocycles. The molecule has 1 aliphatic heterocycles. The summed E-state index contributed by atoms with van der Waals surface area (Å²) >= 11 is 0. The number of carbonyl (C=O) groups excluding carboxylic acids is 1. The van der Waals surface area contributed by atoms with E-state index in [9.17, 15) is 14.7 Å². The predicted octanol–water partition coefficient (Wildman–Crippen LogP) is 1.23. The van der Waals surface area contributed by atoms with E-state index in [-0.39, 0.29) is 11.8 Å². The van der Waals surface area contributed by atoms with Crippen molar-refractivity contribution in [3.63, 3.8) is 0 Å². The molecule has 0 saturated carbocycles. The second kappa shape index (κ2) is 6.11. The molecule has 0 bridgehead atoms. The van der Waals surface area contributed by atoms with Gasteiger partial charge in [-0.1, -0.05) is 13.8 Å². The fourth-order valence-corrected chi connectivity index (χ4v) is 2.83. The molecule has 2 atom stereocenters. The fourth-order valence-electron chi connectivity index (χ4n) is 2.83. The van der Waals surface area contributed by atoms with E-state index in [2.05, 4.69) is 10.3 Å². The second-order valence-corrected chi connectivity index (χ2v) is 5.74. The molecule has 6 heteroatoms. The van der Waals surface area contributed by atoms with Gasteiger partial charge in [-0.15, -0.1) is 0 Å². The standard InChI is InChI=1S/C15H21N3O3/c1-9(2)11-7-18(8-12(11)15(20)21)13-6-10(4-5-17-13)14(19)16-3/h4-6,9,11-12H,7-8H2,1-3H3,(H,16,19)(H,20,21)/t11-,12+/m0/s1. The van der Waals surface area contributed by atoms with E-state index in [4.69, 9.17) is 0 Å². The van der Waals surface area contributed by atoms with Crippen molar-refractivity contribution >= 4 is 17.7 Å². The summed E-state index contributed by atoms with van der Waals surface area (Å²) in [5, 5.41) is 11.9. The lowest BCUT2D eigenvalue weighted by Gasteiger charge is -2.19. The normalized spacial score (nSPS) is 21.6. The van der Waals surface area contributed by atoms with E-state index in [1.165, 1.54) is 0 Å². The summed E-state index contributed by atoms with van der Waals surface area (Å²) in [7, 11) is 1.58. The number of aliphatic carboxylic acids is 1. The van der Waals surface area contributed by atoms with E-state index in [0.717, 1.165) is 0 Å². The third kappa shape index (κ3) is 3.15. The molecule has 1 fully saturated rings. The monoisotopic (exact) mass is 291 g/mol. The summed E-state index contributed by atoms with van der Waals surface area (Å²) in [5.74, 6) is -0.293. The number of amides is 1. The zero-order valence-electron chi connectivity index (χ0n) is 12.5. The lowest BCUT2D eigenvalue weighted by atomic mass is 9.86. The van der Waals surface area contributed by atoms with E-state index in [1.54, 1.807) is 25.4 Å². The predicted molar refractivity (Wildman–Crippen MR) is 79.3 cm³/mol. The number of pyridine rings is 1. The summed E-state index contributed by atoms with van der Waals surface area (Å²) in [5.41, 5.74) is 0.530. The SMILES string of the molecule is CNC(=O)c1ccnc(N2C[C@@H](C(=O)O)[C@H](C(C)C)C2)c1. The van der Waals surface area contributed by atoms with Gasteiger partial charge in [-0.3, -0.25) is 9.59 Å². The molecule has 0 spiro atoms. The molecule has 1 aliphatic rings. The lowest BCUT2D eigenvalue weighted by Crippen LogP contribution is -2.25. The first-order valence-electron chi connectivity index (χ1n) is 7.10. The summed E-state index contributed by atoms with van der Waals surface area (Å²) in [4.78, 5) is 29.3. The Morgan fingerprint density at radius 2 is 2.14 bits per heavy atom. The Kier molecular flexibility index (Phi) is 4.45. The molecule has 1 amide bonds. The van der Waals surface area contributed by atoms with Gasteiger partial charge < -0.3 is 15.3 Å². The van der Waals surface area contributed by atoms with Gasteiger partial charge in [0.25, 0.3) is 5.91 Å². The third-order valence-corrected chi connectivity index (χ3v) is 4.10. The lowest BCUT2D eigenvalue weighted by molar-refractivity contribution is -0.142. The van der Waals surface area contributed by atoms with Crippen LogP contribution in [0.25, 0.3) is 0 Å². The molecule has 2 heterocycles. The minimum atomic E-state index is -0.765. The van der Waals surface area contributed by atoms with Crippen molar-refractivity contribution in [3.05, 3.63) is 23.9 Å². The van der Waals surface area contributed by atoms with Gasteiger partial charge in [0.05, 0.1) is 5.92 Å². The van der Waals surface area contributed by atoms with Gasteiger partial charge in [0.2, 0.25) is 0 Å². The van der Waals surface area contributed by atoms with Crippen LogP contribution in [0.1, 0.15) is 24.2 Å². The number of hydrogen-bond donors (Lipinski definition) is 2. The van der Waals surface area contributed by atoms with Gasteiger partial charge in [-0.25, -0.2) is 4.98 Å². The van der Waals surface area contributed by atoms with Crippen LogP contribution < -0.4 is 10.2 Å². The van der Waals surface area contributed by atoms with Crippen molar-refractivity contribution in [2.75, 3.05) is 25.0 Å². The van der Waals surface area contributed by atoms with E-state index >= 15 is 0 Å². The molecule has 21 heavy (non-hydrogen) atoms. The number of nitrogens with one attached hydrogen (secondary N) is 1. The average Bonchev–Trinajstić information content (AvgIpc) is 2.92. The fraction of sp³-hybridized carbons (Fsp3) is 0.533. The van der Waals surface area contributed by atoms with Crippen molar-refractivity contribution in [2.45, 2.75) is 13.8 Å². The van der Waals surface area contributed by atoms with Crippen LogP contribution in [0.5, 0.6) is 0 Å². The molecular weight excluding hydrogens is 270 g/mol. The third-order valence-electron chi connectivity index (χ3n) is 4.10. The number of aromatic nitrogens is 1. The van der Waals surface area contributed by atoms with Crippen molar-refractivity contribution in [3.8, 4) is 0 Å². The molecule has 0 aliphatic carbocycles. The number of rotatable bonds is 4. The number of hydrogen-bond acceptors (Lipinski definition) is 4. The Balaban J connectivity index is 2.23.